The van der Waals surface area contributed by atoms with Gasteiger partial charge in [-0.1, -0.05) is 53.4 Å². The number of aromatic nitrogens is 4. The van der Waals surface area contributed by atoms with E-state index in [1.807, 2.05) is 37.3 Å². The Balaban J connectivity index is 1.61. The first-order valence-corrected chi connectivity index (χ1v) is 9.09. The number of anilines is 2. The molecule has 1 unspecified atom stereocenters. The number of aryl methyl sites for hydroxylation is 1. The van der Waals surface area contributed by atoms with Crippen molar-refractivity contribution in [2.45, 2.75) is 36.3 Å². The van der Waals surface area contributed by atoms with Crippen molar-refractivity contribution in [2.75, 3.05) is 5.32 Å². The molecule has 0 radical (unpaired) electrons. The quantitative estimate of drug-likeness (QED) is 0.632. The van der Waals surface area contributed by atoms with E-state index in [0.29, 0.717) is 5.89 Å². The average molecular weight is 347 g/mol. The van der Waals surface area contributed by atoms with Crippen molar-refractivity contribution in [3.63, 3.8) is 0 Å². The van der Waals surface area contributed by atoms with Gasteiger partial charge in [0, 0.05) is 12.1 Å². The van der Waals surface area contributed by atoms with Crippen molar-refractivity contribution in [2.24, 2.45) is 0 Å². The first kappa shape index (κ1) is 15.9. The van der Waals surface area contributed by atoms with E-state index in [1.54, 1.807) is 11.8 Å². The van der Waals surface area contributed by atoms with Crippen LogP contribution in [0.15, 0.2) is 39.2 Å². The van der Waals surface area contributed by atoms with E-state index in [1.165, 1.54) is 11.3 Å². The molecule has 0 saturated heterocycles. The lowest BCUT2D eigenvalue weighted by atomic mass is 10.3. The van der Waals surface area contributed by atoms with Crippen molar-refractivity contribution in [3.8, 4) is 0 Å². The van der Waals surface area contributed by atoms with Crippen LogP contribution in [0.3, 0.4) is 0 Å². The van der Waals surface area contributed by atoms with Crippen molar-refractivity contribution in [1.29, 1.82) is 0 Å². The molecule has 0 fully saturated rings. The molecule has 2 heterocycles. The van der Waals surface area contributed by atoms with Gasteiger partial charge in [0.2, 0.25) is 11.0 Å². The Kier molecular flexibility index (Phi) is 5.24. The fourth-order valence-corrected chi connectivity index (χ4v) is 3.86. The maximum atomic E-state index is 5.31. The van der Waals surface area contributed by atoms with Crippen LogP contribution in [0, 0.1) is 0 Å². The van der Waals surface area contributed by atoms with Crippen LogP contribution < -0.4 is 5.32 Å². The van der Waals surface area contributed by atoms with Crippen LogP contribution in [0.5, 0.6) is 0 Å². The topological polar surface area (TPSA) is 76.7 Å². The van der Waals surface area contributed by atoms with Gasteiger partial charge in [-0.3, -0.25) is 0 Å². The van der Waals surface area contributed by atoms with Crippen LogP contribution in [0.25, 0.3) is 0 Å². The Labute approximate surface area is 142 Å². The average Bonchev–Trinajstić information content (AvgIpc) is 3.18. The first-order valence-electron chi connectivity index (χ1n) is 7.39. The summed E-state index contributed by atoms with van der Waals surface area (Å²) < 4.78 is 6.18. The summed E-state index contributed by atoms with van der Waals surface area (Å²) in [5.41, 5.74) is 0.995. The summed E-state index contributed by atoms with van der Waals surface area (Å²) in [5.74, 6) is 1.39. The van der Waals surface area contributed by atoms with E-state index in [2.05, 4.69) is 32.6 Å². The molecule has 2 aromatic heterocycles. The van der Waals surface area contributed by atoms with E-state index in [-0.39, 0.29) is 5.25 Å². The van der Waals surface area contributed by atoms with Gasteiger partial charge in [-0.05, 0) is 25.5 Å². The van der Waals surface area contributed by atoms with E-state index in [9.17, 15) is 0 Å². The number of hydrogen-bond acceptors (Lipinski definition) is 8. The third-order valence-electron chi connectivity index (χ3n) is 3.01. The summed E-state index contributed by atoms with van der Waals surface area (Å²) in [6.45, 7) is 4.12. The minimum absolute atomic E-state index is 0.0469. The molecule has 0 bridgehead atoms. The molecule has 1 N–H and O–H groups in total. The summed E-state index contributed by atoms with van der Waals surface area (Å²) in [6.07, 6.45) is 1.84. The molecule has 0 amide bonds. The van der Waals surface area contributed by atoms with Gasteiger partial charge in [-0.15, -0.1) is 10.2 Å². The Bertz CT molecular complexity index is 743. The van der Waals surface area contributed by atoms with Crippen LogP contribution in [0.1, 0.15) is 37.2 Å². The monoisotopic (exact) mass is 347 g/mol. The lowest BCUT2D eigenvalue weighted by molar-refractivity contribution is 0.374. The minimum atomic E-state index is 0.0469. The van der Waals surface area contributed by atoms with Crippen LogP contribution in [-0.4, -0.2) is 20.3 Å². The summed E-state index contributed by atoms with van der Waals surface area (Å²) in [6, 6.07) is 9.91. The number of para-hydroxylation sites is 1. The predicted molar refractivity (Wildman–Crippen MR) is 92.2 cm³/mol. The molecule has 0 aliphatic rings. The van der Waals surface area contributed by atoms with Gasteiger partial charge in [0.25, 0.3) is 0 Å². The highest BCUT2D eigenvalue weighted by Gasteiger charge is 2.18. The molecule has 6 nitrogen and oxygen atoms in total. The highest BCUT2D eigenvalue weighted by atomic mass is 32.2. The Hall–Kier alpha value is -1.93. The van der Waals surface area contributed by atoms with E-state index in [4.69, 9.17) is 4.52 Å². The van der Waals surface area contributed by atoms with Gasteiger partial charge in [0.1, 0.15) is 0 Å². The van der Waals surface area contributed by atoms with Crippen LogP contribution in [0.2, 0.25) is 0 Å². The maximum absolute atomic E-state index is 5.31. The molecule has 8 heteroatoms. The molecule has 0 aliphatic carbocycles. The molecular formula is C15H17N5OS2. The lowest BCUT2D eigenvalue weighted by Gasteiger charge is -2.01. The van der Waals surface area contributed by atoms with E-state index < -0.39 is 0 Å². The largest absolute Gasteiger partial charge is 0.338 e. The number of thioether (sulfide) groups is 1. The van der Waals surface area contributed by atoms with E-state index in [0.717, 1.165) is 33.8 Å². The highest BCUT2D eigenvalue weighted by Crippen LogP contribution is 2.37. The number of benzene rings is 1. The van der Waals surface area contributed by atoms with Crippen molar-refractivity contribution >= 4 is 33.9 Å². The fourth-order valence-electron chi connectivity index (χ4n) is 1.91. The zero-order valence-electron chi connectivity index (χ0n) is 12.9. The Morgan fingerprint density at radius 2 is 2.09 bits per heavy atom. The number of nitrogens with one attached hydrogen (secondary N) is 1. The molecule has 0 aliphatic heterocycles. The van der Waals surface area contributed by atoms with Gasteiger partial charge in [0.15, 0.2) is 10.2 Å². The molecular weight excluding hydrogens is 330 g/mol. The van der Waals surface area contributed by atoms with E-state index >= 15 is 0 Å². The number of nitrogens with zero attached hydrogens (tertiary/aromatic N) is 4. The fraction of sp³-hybridized carbons (Fsp3) is 0.333. The molecule has 0 spiro atoms. The number of hydrogen-bond donors (Lipinski definition) is 1. The van der Waals surface area contributed by atoms with Gasteiger partial charge in [-0.25, -0.2) is 0 Å². The Morgan fingerprint density at radius 1 is 1.26 bits per heavy atom. The standard InChI is InChI=1S/C15H17N5OS2/c1-3-7-12-17-13(21-20-12)10(2)22-15-19-18-14(23-15)16-11-8-5-4-6-9-11/h4-6,8-10H,3,7H2,1-2H3,(H,16,18). The third-order valence-corrected chi connectivity index (χ3v) is 5.02. The van der Waals surface area contributed by atoms with Crippen LogP contribution in [-0.2, 0) is 6.42 Å². The van der Waals surface area contributed by atoms with Crippen molar-refractivity contribution < 1.29 is 4.52 Å². The van der Waals surface area contributed by atoms with Gasteiger partial charge < -0.3 is 9.84 Å². The summed E-state index contributed by atoms with van der Waals surface area (Å²) in [5, 5.41) is 16.4. The van der Waals surface area contributed by atoms with Gasteiger partial charge >= 0.3 is 0 Å². The smallest absolute Gasteiger partial charge is 0.239 e. The predicted octanol–water partition coefficient (Wildman–Crippen LogP) is 4.47. The highest BCUT2D eigenvalue weighted by molar-refractivity contribution is 8.01. The Morgan fingerprint density at radius 3 is 2.87 bits per heavy atom. The molecule has 3 rings (SSSR count). The van der Waals surface area contributed by atoms with Crippen molar-refractivity contribution in [1.82, 2.24) is 20.3 Å². The normalized spacial score (nSPS) is 12.3. The SMILES string of the molecule is CCCc1noc(C(C)Sc2nnc(Nc3ccccc3)s2)n1. The van der Waals surface area contributed by atoms with Gasteiger partial charge in [-0.2, -0.15) is 4.98 Å². The third kappa shape index (κ3) is 4.29. The van der Waals surface area contributed by atoms with Crippen LogP contribution in [0.4, 0.5) is 10.8 Å². The van der Waals surface area contributed by atoms with Crippen molar-refractivity contribution in [3.05, 3.63) is 42.0 Å². The summed E-state index contributed by atoms with van der Waals surface area (Å²) in [7, 11) is 0. The molecule has 1 atom stereocenters. The lowest BCUT2D eigenvalue weighted by Crippen LogP contribution is -1.90. The zero-order chi connectivity index (χ0) is 16.1. The second kappa shape index (κ2) is 7.56. The second-order valence-corrected chi connectivity index (χ2v) is 7.49. The van der Waals surface area contributed by atoms with Crippen LogP contribution >= 0.6 is 23.1 Å². The first-order chi connectivity index (χ1) is 11.2. The number of rotatable bonds is 7. The molecule has 3 aromatic rings. The molecule has 23 heavy (non-hydrogen) atoms. The maximum Gasteiger partial charge on any atom is 0.239 e. The minimum Gasteiger partial charge on any atom is -0.338 e. The molecule has 120 valence electrons. The molecule has 1 aromatic carbocycles. The summed E-state index contributed by atoms with van der Waals surface area (Å²) >= 11 is 3.08. The molecule has 0 saturated carbocycles. The second-order valence-electron chi connectivity index (χ2n) is 4.92. The summed E-state index contributed by atoms with van der Waals surface area (Å²) in [4.78, 5) is 4.41. The van der Waals surface area contributed by atoms with Gasteiger partial charge in [0.05, 0.1) is 5.25 Å². The zero-order valence-corrected chi connectivity index (χ0v) is 14.5.